The van der Waals surface area contributed by atoms with Crippen LogP contribution in [0.25, 0.3) is 0 Å². The largest absolute Gasteiger partial charge is 0.484 e. The van der Waals surface area contributed by atoms with Crippen LogP contribution in [0.4, 0.5) is 5.69 Å². The number of ether oxygens (including phenoxy) is 2. The van der Waals surface area contributed by atoms with Crippen molar-refractivity contribution in [2.75, 3.05) is 23.0 Å². The van der Waals surface area contributed by atoms with Gasteiger partial charge in [0.05, 0.1) is 23.2 Å². The Morgan fingerprint density at radius 2 is 1.78 bits per heavy atom. The first-order valence-electron chi connectivity index (χ1n) is 11.4. The number of amidine groups is 1. The van der Waals surface area contributed by atoms with E-state index in [9.17, 15) is 13.2 Å². The second-order valence-corrected chi connectivity index (χ2v) is 13.0. The summed E-state index contributed by atoms with van der Waals surface area (Å²) in [5, 5.41) is 1.10. The van der Waals surface area contributed by atoms with Crippen LogP contribution in [0.3, 0.4) is 0 Å². The minimum Gasteiger partial charge on any atom is -0.484 e. The summed E-state index contributed by atoms with van der Waals surface area (Å²) in [7, 11) is -3.25. The fourth-order valence-electron chi connectivity index (χ4n) is 4.23. The first-order chi connectivity index (χ1) is 17.7. The molecule has 0 aromatic heterocycles. The number of amides is 1. The Bertz CT molecular complexity index is 1480. The molecule has 192 valence electrons. The molecule has 0 N–H and O–H groups in total. The highest BCUT2D eigenvalue weighted by Crippen LogP contribution is 2.45. The van der Waals surface area contributed by atoms with Gasteiger partial charge in [-0.2, -0.15) is 4.99 Å². The summed E-state index contributed by atoms with van der Waals surface area (Å²) < 4.78 is 36.7. The number of thioether (sulfide) groups is 1. The summed E-state index contributed by atoms with van der Waals surface area (Å²) in [5.41, 5.74) is 1.57. The van der Waals surface area contributed by atoms with Crippen molar-refractivity contribution in [3.05, 3.63) is 82.3 Å². The second kappa shape index (κ2) is 10.6. The molecule has 7 nitrogen and oxygen atoms in total. The number of carbonyl (C=O) groups excluding carboxylic acids is 1. The van der Waals surface area contributed by atoms with Crippen molar-refractivity contribution >= 4 is 61.6 Å². The molecule has 37 heavy (non-hydrogen) atoms. The van der Waals surface area contributed by atoms with Gasteiger partial charge in [-0.05, 0) is 67.1 Å². The average molecular weight is 578 g/mol. The predicted molar refractivity (Wildman–Crippen MR) is 148 cm³/mol. The number of carbonyl (C=O) groups is 1. The van der Waals surface area contributed by atoms with Gasteiger partial charge < -0.3 is 14.4 Å². The van der Waals surface area contributed by atoms with Crippen LogP contribution in [-0.2, 0) is 14.6 Å². The molecule has 5 rings (SSSR count). The standard InChI is InChI=1S/C26H22Cl2N2O5S2/c1-16-3-2-4-20(11-16)35-23-10-7-18(28)12-21(23)30-22-14-37(32,33)15-24(22)36-26(30)29-25(31)13-34-19-8-5-17(27)6-9-19/h2-12,22,24H,13-15H2,1H3/t22-,24+/m0/s1. The van der Waals surface area contributed by atoms with Crippen molar-refractivity contribution in [2.24, 2.45) is 4.99 Å². The van der Waals surface area contributed by atoms with Crippen LogP contribution in [0, 0.1) is 6.92 Å². The van der Waals surface area contributed by atoms with E-state index in [-0.39, 0.29) is 23.4 Å². The van der Waals surface area contributed by atoms with Crippen LogP contribution < -0.4 is 14.4 Å². The number of nitrogens with zero attached hydrogens (tertiary/aromatic N) is 2. The number of aryl methyl sites for hydroxylation is 1. The van der Waals surface area contributed by atoms with Gasteiger partial charge in [0.25, 0.3) is 5.91 Å². The number of anilines is 1. The van der Waals surface area contributed by atoms with Crippen molar-refractivity contribution in [1.29, 1.82) is 0 Å². The molecule has 0 bridgehead atoms. The maximum Gasteiger partial charge on any atom is 0.285 e. The quantitative estimate of drug-likeness (QED) is 0.368. The highest BCUT2D eigenvalue weighted by atomic mass is 35.5. The first-order valence-corrected chi connectivity index (χ1v) is 14.8. The molecule has 11 heteroatoms. The molecule has 2 aliphatic heterocycles. The number of rotatable bonds is 6. The molecular weight excluding hydrogens is 555 g/mol. The first kappa shape index (κ1) is 25.9. The molecule has 3 aromatic carbocycles. The van der Waals surface area contributed by atoms with E-state index >= 15 is 0 Å². The van der Waals surface area contributed by atoms with Crippen molar-refractivity contribution < 1.29 is 22.7 Å². The normalized spacial score (nSPS) is 21.2. The zero-order chi connectivity index (χ0) is 26.2. The van der Waals surface area contributed by atoms with Crippen molar-refractivity contribution in [3.8, 4) is 17.2 Å². The molecule has 2 heterocycles. The zero-order valence-electron chi connectivity index (χ0n) is 19.6. The fourth-order valence-corrected chi connectivity index (χ4v) is 8.45. The SMILES string of the molecule is Cc1cccc(Oc2ccc(Cl)cc2N2C(=NC(=O)COc3ccc(Cl)cc3)S[C@@H]3CS(=O)(=O)C[C@@H]32)c1. The highest BCUT2D eigenvalue weighted by molar-refractivity contribution is 8.16. The molecule has 2 fully saturated rings. The van der Waals surface area contributed by atoms with Gasteiger partial charge in [0.1, 0.15) is 11.5 Å². The minimum atomic E-state index is -3.25. The van der Waals surface area contributed by atoms with Gasteiger partial charge in [-0.1, -0.05) is 47.1 Å². The third-order valence-corrected chi connectivity index (χ3v) is 9.56. The lowest BCUT2D eigenvalue weighted by Gasteiger charge is -2.27. The van der Waals surface area contributed by atoms with Gasteiger partial charge in [0.2, 0.25) is 0 Å². The number of hydrogen-bond donors (Lipinski definition) is 0. The van der Waals surface area contributed by atoms with Crippen LogP contribution in [0.1, 0.15) is 5.56 Å². The smallest absolute Gasteiger partial charge is 0.285 e. The van der Waals surface area contributed by atoms with Gasteiger partial charge in [0, 0.05) is 15.3 Å². The summed E-state index contributed by atoms with van der Waals surface area (Å²) in [6, 6.07) is 18.9. The highest BCUT2D eigenvalue weighted by Gasteiger charge is 2.50. The van der Waals surface area contributed by atoms with Crippen LogP contribution in [-0.4, -0.2) is 48.9 Å². The number of hydrogen-bond acceptors (Lipinski definition) is 6. The number of halogens is 2. The number of benzene rings is 3. The lowest BCUT2D eigenvalue weighted by atomic mass is 10.2. The molecular formula is C26H22Cl2N2O5S2. The topological polar surface area (TPSA) is 85.3 Å². The monoisotopic (exact) mass is 576 g/mol. The lowest BCUT2D eigenvalue weighted by Crippen LogP contribution is -2.38. The Morgan fingerprint density at radius 1 is 1.03 bits per heavy atom. The molecule has 0 radical (unpaired) electrons. The molecule has 2 saturated heterocycles. The number of fused-ring (bicyclic) bond motifs is 1. The summed E-state index contributed by atoms with van der Waals surface area (Å²) in [4.78, 5) is 18.9. The van der Waals surface area contributed by atoms with Gasteiger partial charge in [-0.3, -0.25) is 4.79 Å². The Morgan fingerprint density at radius 3 is 2.54 bits per heavy atom. The number of aliphatic imine (C=N–C) groups is 1. The van der Waals surface area contributed by atoms with Crippen LogP contribution in [0.2, 0.25) is 10.0 Å². The minimum absolute atomic E-state index is 0.00194. The third kappa shape index (κ3) is 6.06. The van der Waals surface area contributed by atoms with E-state index in [2.05, 4.69) is 4.99 Å². The van der Waals surface area contributed by atoms with Gasteiger partial charge in [-0.15, -0.1) is 0 Å². The summed E-state index contributed by atoms with van der Waals surface area (Å²) in [5.74, 6) is 1.02. The maximum atomic E-state index is 12.8. The van der Waals surface area contributed by atoms with Crippen molar-refractivity contribution in [1.82, 2.24) is 0 Å². The molecule has 0 unspecified atom stereocenters. The predicted octanol–water partition coefficient (Wildman–Crippen LogP) is 5.77. The van der Waals surface area contributed by atoms with E-state index in [1.165, 1.54) is 11.8 Å². The Hall–Kier alpha value is -2.72. The van der Waals surface area contributed by atoms with E-state index in [1.54, 1.807) is 47.4 Å². The molecule has 2 aliphatic rings. The summed E-state index contributed by atoms with van der Waals surface area (Å²) in [6.07, 6.45) is 0. The van der Waals surface area contributed by atoms with E-state index in [0.29, 0.717) is 38.1 Å². The zero-order valence-corrected chi connectivity index (χ0v) is 22.8. The van der Waals surface area contributed by atoms with E-state index in [4.69, 9.17) is 32.7 Å². The van der Waals surface area contributed by atoms with Crippen molar-refractivity contribution in [3.63, 3.8) is 0 Å². The van der Waals surface area contributed by atoms with E-state index in [1.807, 2.05) is 31.2 Å². The average Bonchev–Trinajstić information content (AvgIpc) is 3.30. The van der Waals surface area contributed by atoms with Gasteiger partial charge in [0.15, 0.2) is 27.4 Å². The van der Waals surface area contributed by atoms with Gasteiger partial charge >= 0.3 is 0 Å². The van der Waals surface area contributed by atoms with Crippen molar-refractivity contribution in [2.45, 2.75) is 18.2 Å². The van der Waals surface area contributed by atoms with Crippen LogP contribution in [0.5, 0.6) is 17.2 Å². The molecule has 0 spiro atoms. The Kier molecular flexibility index (Phi) is 7.40. The molecule has 2 atom stereocenters. The number of sulfone groups is 1. The summed E-state index contributed by atoms with van der Waals surface area (Å²) in [6.45, 7) is 1.68. The Balaban J connectivity index is 1.47. The van der Waals surface area contributed by atoms with Crippen LogP contribution in [0.15, 0.2) is 71.7 Å². The Labute approximate surface area is 229 Å². The fraction of sp³-hybridized carbons (Fsp3) is 0.231. The summed E-state index contributed by atoms with van der Waals surface area (Å²) >= 11 is 13.5. The molecule has 0 saturated carbocycles. The third-order valence-electron chi connectivity index (χ3n) is 5.86. The molecule has 1 amide bonds. The molecule has 0 aliphatic carbocycles. The van der Waals surface area contributed by atoms with E-state index in [0.717, 1.165) is 5.56 Å². The second-order valence-electron chi connectivity index (χ2n) is 8.73. The maximum absolute atomic E-state index is 12.8. The lowest BCUT2D eigenvalue weighted by molar-refractivity contribution is -0.119. The molecule has 3 aromatic rings. The van der Waals surface area contributed by atoms with Gasteiger partial charge in [-0.25, -0.2) is 8.42 Å². The van der Waals surface area contributed by atoms with E-state index < -0.39 is 21.8 Å². The van der Waals surface area contributed by atoms with Crippen LogP contribution >= 0.6 is 35.0 Å².